The second-order valence-electron chi connectivity index (χ2n) is 4.83. The first kappa shape index (κ1) is 15.0. The molecule has 0 aliphatic rings. The van der Waals surface area contributed by atoms with E-state index in [1.165, 1.54) is 0 Å². The van der Waals surface area contributed by atoms with Gasteiger partial charge < -0.3 is 15.3 Å². The van der Waals surface area contributed by atoms with Crippen molar-refractivity contribution in [1.29, 1.82) is 0 Å². The first-order chi connectivity index (χ1) is 10.1. The summed E-state index contributed by atoms with van der Waals surface area (Å²) in [4.78, 5) is 13.4. The fraction of sp³-hybridized carbons (Fsp3) is 0.357. The molecule has 0 bridgehead atoms. The van der Waals surface area contributed by atoms with Gasteiger partial charge in [-0.15, -0.1) is 5.10 Å². The van der Waals surface area contributed by atoms with E-state index in [4.69, 9.17) is 5.11 Å². The third-order valence-corrected chi connectivity index (χ3v) is 2.90. The maximum absolute atomic E-state index is 11.9. The zero-order valence-electron chi connectivity index (χ0n) is 12.2. The lowest BCUT2D eigenvalue weighted by atomic mass is 10.2. The molecule has 1 heterocycles. The monoisotopic (exact) mass is 289 g/mol. The number of nitrogens with zero attached hydrogens (tertiary/aromatic N) is 4. The second kappa shape index (κ2) is 6.85. The maximum atomic E-state index is 11.9. The van der Waals surface area contributed by atoms with Gasteiger partial charge in [0.1, 0.15) is 5.69 Å². The summed E-state index contributed by atoms with van der Waals surface area (Å²) in [5, 5.41) is 19.9. The Kier molecular flexibility index (Phi) is 4.89. The Morgan fingerprint density at radius 3 is 2.95 bits per heavy atom. The molecule has 2 N–H and O–H groups in total. The highest BCUT2D eigenvalue weighted by atomic mass is 16.3. The molecule has 0 atom stereocenters. The first-order valence-electron chi connectivity index (χ1n) is 6.65. The van der Waals surface area contributed by atoms with Crippen LogP contribution < -0.4 is 5.32 Å². The number of carbonyl (C=O) groups is 1. The maximum Gasteiger partial charge on any atom is 0.253 e. The molecule has 0 saturated carbocycles. The van der Waals surface area contributed by atoms with Gasteiger partial charge in [0.2, 0.25) is 0 Å². The van der Waals surface area contributed by atoms with Crippen molar-refractivity contribution in [1.82, 2.24) is 19.9 Å². The number of anilines is 1. The van der Waals surface area contributed by atoms with E-state index in [2.05, 4.69) is 15.6 Å². The summed E-state index contributed by atoms with van der Waals surface area (Å²) in [6.45, 7) is 0.968. The van der Waals surface area contributed by atoms with Gasteiger partial charge in [-0.1, -0.05) is 11.3 Å². The summed E-state index contributed by atoms with van der Waals surface area (Å²) in [6.07, 6.45) is 1.78. The fourth-order valence-electron chi connectivity index (χ4n) is 1.84. The van der Waals surface area contributed by atoms with Crippen molar-refractivity contribution in [2.24, 2.45) is 0 Å². The Morgan fingerprint density at radius 1 is 1.43 bits per heavy atom. The predicted octanol–water partition coefficient (Wildman–Crippen LogP) is 0.584. The lowest BCUT2D eigenvalue weighted by Gasteiger charge is -2.11. The van der Waals surface area contributed by atoms with Crippen molar-refractivity contribution in [3.8, 4) is 0 Å². The first-order valence-corrected chi connectivity index (χ1v) is 6.65. The minimum absolute atomic E-state index is 0.0327. The summed E-state index contributed by atoms with van der Waals surface area (Å²) in [5.74, 6) is -0.0347. The SMILES string of the molecule is CN(C)C(=O)c1cccc(NCc2cn(CCO)nn2)c1. The highest BCUT2D eigenvalue weighted by Gasteiger charge is 2.08. The van der Waals surface area contributed by atoms with Gasteiger partial charge in [0.05, 0.1) is 25.9 Å². The van der Waals surface area contributed by atoms with Gasteiger partial charge in [-0.3, -0.25) is 4.79 Å². The van der Waals surface area contributed by atoms with Gasteiger partial charge >= 0.3 is 0 Å². The molecule has 0 saturated heterocycles. The van der Waals surface area contributed by atoms with Crippen molar-refractivity contribution in [3.63, 3.8) is 0 Å². The molecular weight excluding hydrogens is 270 g/mol. The number of rotatable bonds is 6. The van der Waals surface area contributed by atoms with E-state index in [-0.39, 0.29) is 12.5 Å². The summed E-state index contributed by atoms with van der Waals surface area (Å²) in [6, 6.07) is 7.32. The second-order valence-corrected chi connectivity index (χ2v) is 4.83. The molecule has 2 rings (SSSR count). The average Bonchev–Trinajstić information content (AvgIpc) is 2.92. The molecule has 0 radical (unpaired) electrons. The molecule has 0 spiro atoms. The normalized spacial score (nSPS) is 10.4. The van der Waals surface area contributed by atoms with Gasteiger partial charge in [0.25, 0.3) is 5.91 Å². The third kappa shape index (κ3) is 4.03. The quantitative estimate of drug-likeness (QED) is 0.813. The van der Waals surface area contributed by atoms with Gasteiger partial charge in [0.15, 0.2) is 0 Å². The lowest BCUT2D eigenvalue weighted by Crippen LogP contribution is -2.21. The average molecular weight is 289 g/mol. The molecule has 2 aromatic rings. The number of carbonyl (C=O) groups excluding carboxylic acids is 1. The molecule has 0 aliphatic carbocycles. The number of hydrogen-bond donors (Lipinski definition) is 2. The molecule has 7 nitrogen and oxygen atoms in total. The number of aliphatic hydroxyl groups is 1. The number of nitrogens with one attached hydrogen (secondary N) is 1. The van der Waals surface area contributed by atoms with E-state index < -0.39 is 0 Å². The standard InChI is InChI=1S/C14H19N5O2/c1-18(2)14(21)11-4-3-5-12(8-11)15-9-13-10-19(6-7-20)17-16-13/h3-5,8,10,15,20H,6-7,9H2,1-2H3. The topological polar surface area (TPSA) is 83.3 Å². The van der Waals surface area contributed by atoms with E-state index >= 15 is 0 Å². The Morgan fingerprint density at radius 2 is 2.24 bits per heavy atom. The van der Waals surface area contributed by atoms with Crippen molar-refractivity contribution < 1.29 is 9.90 Å². The van der Waals surface area contributed by atoms with Gasteiger partial charge in [-0.05, 0) is 18.2 Å². The minimum Gasteiger partial charge on any atom is -0.394 e. The molecular formula is C14H19N5O2. The Balaban J connectivity index is 1.99. The molecule has 7 heteroatoms. The summed E-state index contributed by atoms with van der Waals surface area (Å²) >= 11 is 0. The van der Waals surface area contributed by atoms with Crippen LogP contribution in [0.1, 0.15) is 16.1 Å². The van der Waals surface area contributed by atoms with Crippen LogP contribution in [0.3, 0.4) is 0 Å². The van der Waals surface area contributed by atoms with E-state index in [1.54, 1.807) is 42.0 Å². The van der Waals surface area contributed by atoms with Crippen LogP contribution in [0.15, 0.2) is 30.5 Å². The molecule has 0 unspecified atom stereocenters. The van der Waals surface area contributed by atoms with Crippen molar-refractivity contribution in [2.45, 2.75) is 13.1 Å². The van der Waals surface area contributed by atoms with Gasteiger partial charge in [-0.25, -0.2) is 4.68 Å². The van der Waals surface area contributed by atoms with Gasteiger partial charge in [0, 0.05) is 25.3 Å². The van der Waals surface area contributed by atoms with E-state index in [1.807, 2.05) is 12.1 Å². The minimum atomic E-state index is -0.0347. The van der Waals surface area contributed by atoms with Crippen LogP contribution in [0.5, 0.6) is 0 Å². The van der Waals surface area contributed by atoms with Crippen molar-refractivity contribution in [2.75, 3.05) is 26.0 Å². The van der Waals surface area contributed by atoms with Crippen LogP contribution in [0.4, 0.5) is 5.69 Å². The number of hydrogen-bond acceptors (Lipinski definition) is 5. The molecule has 21 heavy (non-hydrogen) atoms. The van der Waals surface area contributed by atoms with Crippen LogP contribution in [-0.2, 0) is 13.1 Å². The molecule has 1 aromatic carbocycles. The van der Waals surface area contributed by atoms with Crippen molar-refractivity contribution >= 4 is 11.6 Å². The van der Waals surface area contributed by atoms with Crippen LogP contribution in [0, 0.1) is 0 Å². The Labute approximate surface area is 123 Å². The molecule has 0 aliphatic heterocycles. The molecule has 1 amide bonds. The van der Waals surface area contributed by atoms with Gasteiger partial charge in [-0.2, -0.15) is 0 Å². The van der Waals surface area contributed by atoms with Crippen LogP contribution in [-0.4, -0.2) is 51.6 Å². The number of amides is 1. The summed E-state index contributed by atoms with van der Waals surface area (Å²) in [7, 11) is 3.45. The highest BCUT2D eigenvalue weighted by molar-refractivity contribution is 5.94. The van der Waals surface area contributed by atoms with Crippen molar-refractivity contribution in [3.05, 3.63) is 41.7 Å². The Bertz CT molecular complexity index is 609. The predicted molar refractivity (Wildman–Crippen MR) is 78.9 cm³/mol. The molecule has 0 fully saturated rings. The Hall–Kier alpha value is -2.41. The third-order valence-electron chi connectivity index (χ3n) is 2.90. The zero-order valence-corrected chi connectivity index (χ0v) is 12.2. The van der Waals surface area contributed by atoms with E-state index in [0.717, 1.165) is 11.4 Å². The molecule has 112 valence electrons. The zero-order chi connectivity index (χ0) is 15.2. The van der Waals surface area contributed by atoms with E-state index in [9.17, 15) is 4.79 Å². The van der Waals surface area contributed by atoms with Crippen LogP contribution >= 0.6 is 0 Å². The number of aliphatic hydroxyl groups excluding tert-OH is 1. The summed E-state index contributed by atoms with van der Waals surface area (Å²) in [5.41, 5.74) is 2.25. The number of aromatic nitrogens is 3. The fourth-order valence-corrected chi connectivity index (χ4v) is 1.84. The number of benzene rings is 1. The highest BCUT2D eigenvalue weighted by Crippen LogP contribution is 2.12. The molecule has 1 aromatic heterocycles. The largest absolute Gasteiger partial charge is 0.394 e. The lowest BCUT2D eigenvalue weighted by molar-refractivity contribution is 0.0827. The smallest absolute Gasteiger partial charge is 0.253 e. The van der Waals surface area contributed by atoms with E-state index in [0.29, 0.717) is 18.7 Å². The van der Waals surface area contributed by atoms with Crippen LogP contribution in [0.2, 0.25) is 0 Å². The van der Waals surface area contributed by atoms with Crippen LogP contribution in [0.25, 0.3) is 0 Å². The summed E-state index contributed by atoms with van der Waals surface area (Å²) < 4.78 is 1.59.